The van der Waals surface area contributed by atoms with E-state index in [0.29, 0.717) is 0 Å². The van der Waals surface area contributed by atoms with Gasteiger partial charge in [0.05, 0.1) is 5.75 Å². The largest absolute Gasteiger partial charge is 0.442 e. The van der Waals surface area contributed by atoms with Gasteiger partial charge in [-0.2, -0.15) is 0 Å². The van der Waals surface area contributed by atoms with Crippen molar-refractivity contribution in [3.05, 3.63) is 40.8 Å². The summed E-state index contributed by atoms with van der Waals surface area (Å²) in [6.07, 6.45) is 0. The van der Waals surface area contributed by atoms with E-state index >= 15 is 0 Å². The van der Waals surface area contributed by atoms with Gasteiger partial charge in [0.25, 0.3) is 0 Å². The number of carbonyl (C=O) groups is 1. The van der Waals surface area contributed by atoms with Gasteiger partial charge in [0.1, 0.15) is 0 Å². The number of amides is 1. The van der Waals surface area contributed by atoms with E-state index in [0.717, 1.165) is 17.4 Å². The molecule has 0 radical (unpaired) electrons. The molecule has 1 aromatic carbocycles. The molecule has 0 unspecified atom stereocenters. The number of aromatic amines is 1. The third-order valence-corrected chi connectivity index (χ3v) is 3.02. The van der Waals surface area contributed by atoms with Crippen molar-refractivity contribution in [1.82, 2.24) is 5.27 Å². The van der Waals surface area contributed by atoms with Gasteiger partial charge in [-0.3, -0.25) is 9.32 Å². The predicted molar refractivity (Wildman–Crippen MR) is 60.8 cm³/mol. The zero-order valence-electron chi connectivity index (χ0n) is 8.75. The summed E-state index contributed by atoms with van der Waals surface area (Å²) >= 11 is 1.03. The van der Waals surface area contributed by atoms with Gasteiger partial charge < -0.3 is 5.73 Å². The summed E-state index contributed by atoms with van der Waals surface area (Å²) < 4.78 is 6.16. The molecule has 88 valence electrons. The van der Waals surface area contributed by atoms with E-state index in [2.05, 4.69) is 5.27 Å². The fourth-order valence-corrected chi connectivity index (χ4v) is 1.98. The number of para-hydroxylation sites is 1. The number of nitrogens with zero attached hydrogens (tertiary/aromatic N) is 1. The van der Waals surface area contributed by atoms with Crippen molar-refractivity contribution in [3.8, 4) is 5.69 Å². The van der Waals surface area contributed by atoms with Crippen molar-refractivity contribution in [2.75, 3.05) is 5.75 Å². The highest BCUT2D eigenvalue weighted by molar-refractivity contribution is 7.99. The van der Waals surface area contributed by atoms with E-state index in [1.807, 2.05) is 18.2 Å². The van der Waals surface area contributed by atoms with Crippen molar-refractivity contribution in [2.24, 2.45) is 5.73 Å². The normalized spacial score (nSPS) is 10.4. The molecule has 17 heavy (non-hydrogen) atoms. The number of nitrogens with two attached hydrogens (primary N) is 1. The first-order valence-electron chi connectivity index (χ1n) is 4.78. The fraction of sp³-hybridized carbons (Fsp3) is 0.100. The smallest absolute Gasteiger partial charge is 0.369 e. The number of hydrogen-bond donors (Lipinski definition) is 2. The van der Waals surface area contributed by atoms with E-state index in [4.69, 9.17) is 10.3 Å². The number of H-pyrrole nitrogens is 1. The third kappa shape index (κ3) is 2.56. The second-order valence-electron chi connectivity index (χ2n) is 3.21. The quantitative estimate of drug-likeness (QED) is 0.583. The second kappa shape index (κ2) is 4.88. The number of aromatic nitrogens is 2. The molecule has 1 amide bonds. The summed E-state index contributed by atoms with van der Waals surface area (Å²) in [5, 5.41) is 2.76. The van der Waals surface area contributed by atoms with Crippen LogP contribution in [0.15, 0.2) is 44.7 Å². The molecule has 1 aromatic heterocycles. The van der Waals surface area contributed by atoms with Crippen LogP contribution in [0, 0.1) is 0 Å². The predicted octanol–water partition coefficient (Wildman–Crippen LogP) is -0.178. The van der Waals surface area contributed by atoms with Crippen LogP contribution >= 0.6 is 11.8 Å². The molecule has 0 saturated carbocycles. The van der Waals surface area contributed by atoms with Crippen LogP contribution in [0.5, 0.6) is 0 Å². The standard InChI is InChI=1S/C10H9N3O3S/c11-8(14)6-17-9-10(15)16-12-13(9)7-4-2-1-3-5-7/h1-5H,6H2,(H2-,11,12,14,15)/p+1. The van der Waals surface area contributed by atoms with E-state index < -0.39 is 11.5 Å². The van der Waals surface area contributed by atoms with E-state index in [-0.39, 0.29) is 10.8 Å². The van der Waals surface area contributed by atoms with Crippen molar-refractivity contribution in [2.45, 2.75) is 5.03 Å². The molecule has 0 aliphatic carbocycles. The maximum absolute atomic E-state index is 11.4. The Morgan fingerprint density at radius 1 is 1.41 bits per heavy atom. The summed E-state index contributed by atoms with van der Waals surface area (Å²) in [4.78, 5) is 22.1. The zero-order valence-corrected chi connectivity index (χ0v) is 9.57. The molecule has 0 spiro atoms. The number of benzene rings is 1. The minimum Gasteiger partial charge on any atom is -0.369 e. The minimum atomic E-state index is -0.528. The van der Waals surface area contributed by atoms with Gasteiger partial charge >= 0.3 is 10.7 Å². The molecule has 0 aliphatic heterocycles. The summed E-state index contributed by atoms with van der Waals surface area (Å²) in [5.41, 5.74) is 5.25. The summed E-state index contributed by atoms with van der Waals surface area (Å²) in [5.74, 6) is -0.467. The lowest BCUT2D eigenvalue weighted by atomic mass is 10.3. The molecule has 2 rings (SSSR count). The van der Waals surface area contributed by atoms with Crippen LogP contribution in [0.3, 0.4) is 0 Å². The molecule has 0 saturated heterocycles. The Morgan fingerprint density at radius 3 is 2.76 bits per heavy atom. The lowest BCUT2D eigenvalue weighted by molar-refractivity contribution is -0.704. The Kier molecular flexibility index (Phi) is 3.29. The highest BCUT2D eigenvalue weighted by atomic mass is 32.2. The van der Waals surface area contributed by atoms with Crippen molar-refractivity contribution in [1.29, 1.82) is 0 Å². The Hall–Kier alpha value is -2.02. The minimum absolute atomic E-state index is 0.0233. The van der Waals surface area contributed by atoms with Crippen LogP contribution in [0.4, 0.5) is 0 Å². The van der Waals surface area contributed by atoms with E-state index in [9.17, 15) is 9.59 Å². The number of hydrogen-bond acceptors (Lipinski definition) is 4. The highest BCUT2D eigenvalue weighted by Crippen LogP contribution is 2.09. The topological polar surface area (TPSA) is 93.0 Å². The fourth-order valence-electron chi connectivity index (χ4n) is 1.27. The van der Waals surface area contributed by atoms with Gasteiger partial charge in [0, 0.05) is 12.1 Å². The molecule has 3 N–H and O–H groups in total. The van der Waals surface area contributed by atoms with Gasteiger partial charge in [-0.15, -0.1) is 0 Å². The van der Waals surface area contributed by atoms with Gasteiger partial charge in [-0.25, -0.2) is 4.79 Å². The maximum Gasteiger partial charge on any atom is 0.442 e. The molecule has 1 heterocycles. The average Bonchev–Trinajstić information content (AvgIpc) is 2.69. The Balaban J connectivity index is 2.36. The molecule has 7 heteroatoms. The Labute approximate surface area is 100 Å². The number of nitrogens with one attached hydrogen (secondary N) is 1. The van der Waals surface area contributed by atoms with Crippen LogP contribution < -0.4 is 16.0 Å². The van der Waals surface area contributed by atoms with Gasteiger partial charge in [0.15, 0.2) is 0 Å². The van der Waals surface area contributed by atoms with Crippen LogP contribution in [-0.4, -0.2) is 16.9 Å². The first-order chi connectivity index (χ1) is 8.18. The van der Waals surface area contributed by atoms with Crippen molar-refractivity contribution < 1.29 is 14.0 Å². The lowest BCUT2D eigenvalue weighted by Crippen LogP contribution is -2.36. The summed E-state index contributed by atoms with van der Waals surface area (Å²) in [6.45, 7) is 0. The van der Waals surface area contributed by atoms with Crippen LogP contribution in [0.25, 0.3) is 5.69 Å². The Bertz CT molecular complexity index is 576. The first-order valence-corrected chi connectivity index (χ1v) is 5.77. The van der Waals surface area contributed by atoms with E-state index in [1.54, 1.807) is 12.1 Å². The second-order valence-corrected chi connectivity index (χ2v) is 4.18. The third-order valence-electron chi connectivity index (χ3n) is 1.97. The zero-order chi connectivity index (χ0) is 12.3. The molecule has 0 fully saturated rings. The van der Waals surface area contributed by atoms with Crippen molar-refractivity contribution in [3.63, 3.8) is 0 Å². The van der Waals surface area contributed by atoms with Gasteiger partial charge in [0.2, 0.25) is 11.6 Å². The first kappa shape index (κ1) is 11.5. The molecule has 0 bridgehead atoms. The maximum atomic E-state index is 11.4. The van der Waals surface area contributed by atoms with Crippen LogP contribution in [0.2, 0.25) is 0 Å². The average molecular weight is 252 g/mol. The summed E-state index contributed by atoms with van der Waals surface area (Å²) in [6, 6.07) is 9.13. The SMILES string of the molecule is NC(=O)CSc1c(=O)o[nH][n+]1-c1ccccc1. The highest BCUT2D eigenvalue weighted by Gasteiger charge is 2.24. The van der Waals surface area contributed by atoms with Crippen LogP contribution in [0.1, 0.15) is 0 Å². The Morgan fingerprint density at radius 2 is 2.12 bits per heavy atom. The van der Waals surface area contributed by atoms with Gasteiger partial charge in [-0.05, 0) is 21.7 Å². The molecular formula is C10H10N3O3S+. The molecule has 6 nitrogen and oxygen atoms in total. The number of thioether (sulfide) groups is 1. The number of rotatable bonds is 4. The van der Waals surface area contributed by atoms with Gasteiger partial charge in [-0.1, -0.05) is 18.2 Å². The molecule has 0 atom stereocenters. The lowest BCUT2D eigenvalue weighted by Gasteiger charge is -1.92. The molecule has 2 aromatic rings. The molecular weight excluding hydrogens is 242 g/mol. The number of primary amides is 1. The van der Waals surface area contributed by atoms with Crippen LogP contribution in [-0.2, 0) is 4.79 Å². The van der Waals surface area contributed by atoms with E-state index in [1.165, 1.54) is 4.68 Å². The number of carbonyl (C=O) groups excluding carboxylic acids is 1. The molecule has 0 aliphatic rings. The summed E-state index contributed by atoms with van der Waals surface area (Å²) in [7, 11) is 0. The monoisotopic (exact) mass is 252 g/mol. The van der Waals surface area contributed by atoms with Crippen molar-refractivity contribution >= 4 is 17.7 Å².